The van der Waals surface area contributed by atoms with Crippen molar-refractivity contribution in [3.63, 3.8) is 0 Å². The first-order valence-electron chi connectivity index (χ1n) is 16.9. The van der Waals surface area contributed by atoms with Crippen LogP contribution in [0.15, 0.2) is 109 Å². The van der Waals surface area contributed by atoms with Crippen molar-refractivity contribution >= 4 is 11.9 Å². The molecule has 4 aromatic rings. The molecule has 0 bridgehead atoms. The van der Waals surface area contributed by atoms with E-state index in [9.17, 15) is 35.9 Å². The van der Waals surface area contributed by atoms with E-state index in [4.69, 9.17) is 18.9 Å². The van der Waals surface area contributed by atoms with Crippen molar-refractivity contribution in [2.24, 2.45) is 0 Å². The zero-order chi connectivity index (χ0) is 38.2. The number of hydrogen-bond acceptors (Lipinski definition) is 6. The molecule has 13 heteroatoms. The highest BCUT2D eigenvalue weighted by Crippen LogP contribution is 2.43. The quantitative estimate of drug-likeness (QED) is 0.0900. The van der Waals surface area contributed by atoms with Crippen LogP contribution in [0.3, 0.4) is 0 Å². The van der Waals surface area contributed by atoms with E-state index in [-0.39, 0.29) is 50.3 Å². The lowest BCUT2D eigenvalue weighted by Crippen LogP contribution is -2.52. The zero-order valence-corrected chi connectivity index (χ0v) is 29.0. The summed E-state index contributed by atoms with van der Waals surface area (Å²) in [6, 6.07) is 26.3. The van der Waals surface area contributed by atoms with Gasteiger partial charge in [-0.2, -0.15) is 26.3 Å². The van der Waals surface area contributed by atoms with E-state index in [0.29, 0.717) is 5.75 Å². The van der Waals surface area contributed by atoms with Crippen LogP contribution in [0.2, 0.25) is 0 Å². The molecule has 0 aliphatic carbocycles. The van der Waals surface area contributed by atoms with Gasteiger partial charge in [0.25, 0.3) is 5.60 Å². The molecule has 0 unspecified atom stereocenters. The van der Waals surface area contributed by atoms with Crippen LogP contribution in [0.25, 0.3) is 0 Å². The van der Waals surface area contributed by atoms with Crippen LogP contribution in [-0.2, 0) is 55.1 Å². The second kappa shape index (κ2) is 16.9. The molecule has 1 fully saturated rings. The molecule has 7 nitrogen and oxygen atoms in total. The molecular weight excluding hydrogens is 704 g/mol. The fourth-order valence-electron chi connectivity index (χ4n) is 6.55. The lowest BCUT2D eigenvalue weighted by Gasteiger charge is -2.34. The summed E-state index contributed by atoms with van der Waals surface area (Å²) in [5.74, 6) is -1.39. The monoisotopic (exact) mass is 743 g/mol. The van der Waals surface area contributed by atoms with Gasteiger partial charge >= 0.3 is 18.3 Å². The van der Waals surface area contributed by atoms with Gasteiger partial charge in [-0.05, 0) is 47.7 Å². The van der Waals surface area contributed by atoms with E-state index in [0.717, 1.165) is 42.5 Å². The van der Waals surface area contributed by atoms with Gasteiger partial charge in [0, 0.05) is 25.6 Å². The highest BCUT2D eigenvalue weighted by Gasteiger charge is 2.64. The number of ether oxygens (including phenoxy) is 4. The van der Waals surface area contributed by atoms with Gasteiger partial charge in [0.05, 0.1) is 37.8 Å². The van der Waals surface area contributed by atoms with Crippen LogP contribution in [0.4, 0.5) is 26.3 Å². The van der Waals surface area contributed by atoms with Crippen LogP contribution in [0, 0.1) is 0 Å². The first kappa shape index (κ1) is 39.3. The average molecular weight is 744 g/mol. The maximum atomic E-state index is 14.8. The minimum atomic E-state index is -5.27. The summed E-state index contributed by atoms with van der Waals surface area (Å²) in [7, 11) is 2.26. The maximum Gasteiger partial charge on any atom is 0.432 e. The smallest absolute Gasteiger partial charge is 0.432 e. The number of nitrogens with zero attached hydrogens (tertiary/aromatic N) is 1. The summed E-state index contributed by atoms with van der Waals surface area (Å²) in [6.07, 6.45) is -12.4. The summed E-state index contributed by atoms with van der Waals surface area (Å²) in [5.41, 5.74) is -3.30. The lowest BCUT2D eigenvalue weighted by atomic mass is 9.92. The highest BCUT2D eigenvalue weighted by molar-refractivity contribution is 5.83. The number of amides is 1. The summed E-state index contributed by atoms with van der Waals surface area (Å²) in [5, 5.41) is 0. The largest absolute Gasteiger partial charge is 0.497 e. The van der Waals surface area contributed by atoms with Crippen molar-refractivity contribution < 1.29 is 54.9 Å². The van der Waals surface area contributed by atoms with Gasteiger partial charge in [-0.3, -0.25) is 4.79 Å². The average Bonchev–Trinajstić information content (AvgIpc) is 3.43. The number of benzene rings is 4. The van der Waals surface area contributed by atoms with Gasteiger partial charge in [-0.25, -0.2) is 4.79 Å². The van der Waals surface area contributed by atoms with Crippen molar-refractivity contribution in [2.75, 3.05) is 14.2 Å². The van der Waals surface area contributed by atoms with Crippen LogP contribution in [0.5, 0.6) is 5.75 Å². The van der Waals surface area contributed by atoms with Crippen molar-refractivity contribution in [2.45, 2.75) is 75.0 Å². The van der Waals surface area contributed by atoms with Crippen LogP contribution in [-0.4, -0.2) is 55.4 Å². The summed E-state index contributed by atoms with van der Waals surface area (Å²) >= 11 is 0. The van der Waals surface area contributed by atoms with Gasteiger partial charge in [-0.1, -0.05) is 91.0 Å². The van der Waals surface area contributed by atoms with Crippen molar-refractivity contribution in [1.29, 1.82) is 0 Å². The Balaban J connectivity index is 1.47. The van der Waals surface area contributed by atoms with Crippen LogP contribution < -0.4 is 4.74 Å². The maximum absolute atomic E-state index is 14.8. The molecule has 0 aromatic heterocycles. The Hall–Kier alpha value is -4.88. The minimum Gasteiger partial charge on any atom is -0.497 e. The van der Waals surface area contributed by atoms with E-state index < -0.39 is 53.3 Å². The molecular formula is C40H39F6NO6. The lowest BCUT2D eigenvalue weighted by molar-refractivity contribution is -0.278. The second-order valence-corrected chi connectivity index (χ2v) is 12.7. The number of alkyl halides is 6. The standard InChI is InChI=1S/C40H39F6NO6/c1-50-32-18-16-27(17-19-32)25-47-34(35(24-36(47)48)52-26-28-10-5-3-6-11-28)21-20-33(23-29-12-9-15-31(22-29)39(41,42)43)53-37(49)38(51-2,40(44,45)46)30-13-7-4-8-14-30/h3-19,22,33-35H,20-21,23-26H2,1-2H3/t33-,34-,35+,38-/m0/s1. The molecule has 0 saturated carbocycles. The van der Waals surface area contributed by atoms with E-state index in [1.54, 1.807) is 29.2 Å². The predicted octanol–water partition coefficient (Wildman–Crippen LogP) is 8.44. The summed E-state index contributed by atoms with van der Waals surface area (Å²) < 4.78 is 107. The molecule has 0 N–H and O–H groups in total. The normalized spacial score (nSPS) is 18.0. The molecule has 5 rings (SSSR count). The molecule has 53 heavy (non-hydrogen) atoms. The fraction of sp³-hybridized carbons (Fsp3) is 0.350. The van der Waals surface area contributed by atoms with Gasteiger partial charge in [0.2, 0.25) is 5.91 Å². The van der Waals surface area contributed by atoms with Gasteiger partial charge < -0.3 is 23.8 Å². The summed E-state index contributed by atoms with van der Waals surface area (Å²) in [4.78, 5) is 28.9. The molecule has 1 aliphatic rings. The SMILES string of the molecule is COc1ccc(CN2C(=O)C[C@@H](OCc3ccccc3)[C@@H]2CC[C@@H](Cc2cccc(C(F)(F)F)c2)OC(=O)[C@@](OC)(c2ccccc2)C(F)(F)F)cc1. The third-order valence-electron chi connectivity index (χ3n) is 9.29. The number of methoxy groups -OCH3 is 2. The number of hydrogen-bond donors (Lipinski definition) is 0. The molecule has 0 spiro atoms. The fourth-order valence-corrected chi connectivity index (χ4v) is 6.55. The molecule has 1 saturated heterocycles. The topological polar surface area (TPSA) is 74.3 Å². The molecule has 1 heterocycles. The Morgan fingerprint density at radius 2 is 1.42 bits per heavy atom. The molecule has 1 aliphatic heterocycles. The number of carbonyl (C=O) groups is 2. The van der Waals surface area contributed by atoms with Crippen molar-refractivity contribution in [3.8, 4) is 5.75 Å². The molecule has 4 aromatic carbocycles. The number of halogens is 6. The Morgan fingerprint density at radius 3 is 2.02 bits per heavy atom. The van der Waals surface area contributed by atoms with E-state index in [1.807, 2.05) is 30.3 Å². The first-order chi connectivity index (χ1) is 25.2. The highest BCUT2D eigenvalue weighted by atomic mass is 19.4. The molecule has 0 radical (unpaired) electrons. The van der Waals surface area contributed by atoms with E-state index >= 15 is 0 Å². The van der Waals surface area contributed by atoms with Crippen LogP contribution >= 0.6 is 0 Å². The van der Waals surface area contributed by atoms with Gasteiger partial charge in [0.1, 0.15) is 11.9 Å². The van der Waals surface area contributed by atoms with Crippen molar-refractivity contribution in [3.05, 3.63) is 137 Å². The number of rotatable bonds is 15. The van der Waals surface area contributed by atoms with E-state index in [2.05, 4.69) is 0 Å². The summed E-state index contributed by atoms with van der Waals surface area (Å²) in [6.45, 7) is 0.346. The Labute approximate surface area is 303 Å². The molecule has 4 atom stereocenters. The number of esters is 1. The van der Waals surface area contributed by atoms with Crippen molar-refractivity contribution in [1.82, 2.24) is 4.90 Å². The first-order valence-corrected chi connectivity index (χ1v) is 16.9. The Kier molecular flexibility index (Phi) is 12.5. The van der Waals surface area contributed by atoms with Gasteiger partial charge in [0.15, 0.2) is 0 Å². The number of carbonyl (C=O) groups excluding carboxylic acids is 2. The van der Waals surface area contributed by atoms with Crippen LogP contribution in [0.1, 0.15) is 47.1 Å². The molecule has 1 amide bonds. The Bertz CT molecular complexity index is 1800. The third kappa shape index (κ3) is 9.38. The molecule has 282 valence electrons. The third-order valence-corrected chi connectivity index (χ3v) is 9.29. The zero-order valence-electron chi connectivity index (χ0n) is 29.0. The minimum absolute atomic E-state index is 0.0145. The van der Waals surface area contributed by atoms with E-state index in [1.165, 1.54) is 37.4 Å². The number of likely N-dealkylation sites (tertiary alicyclic amines) is 1. The Morgan fingerprint density at radius 1 is 0.792 bits per heavy atom. The predicted molar refractivity (Wildman–Crippen MR) is 182 cm³/mol. The second-order valence-electron chi connectivity index (χ2n) is 12.7. The van der Waals surface area contributed by atoms with Gasteiger partial charge in [-0.15, -0.1) is 0 Å².